The fourth-order valence-electron chi connectivity index (χ4n) is 3.80. The summed E-state index contributed by atoms with van der Waals surface area (Å²) in [5.41, 5.74) is 0.211. The van der Waals surface area contributed by atoms with Crippen LogP contribution in [-0.4, -0.2) is 23.1 Å². The van der Waals surface area contributed by atoms with Crippen LogP contribution in [0.3, 0.4) is 0 Å². The summed E-state index contributed by atoms with van der Waals surface area (Å²) in [6.45, 7) is 0.653. The van der Waals surface area contributed by atoms with E-state index in [1.54, 1.807) is 16.7 Å². The quantitative estimate of drug-likeness (QED) is 0.687. The highest BCUT2D eigenvalue weighted by Gasteiger charge is 2.54. The van der Waals surface area contributed by atoms with Crippen molar-refractivity contribution in [1.82, 2.24) is 4.90 Å². The Morgan fingerprint density at radius 3 is 2.60 bits per heavy atom. The van der Waals surface area contributed by atoms with Gasteiger partial charge >= 0.3 is 0 Å². The Balaban J connectivity index is 2.17. The summed E-state index contributed by atoms with van der Waals surface area (Å²) in [7, 11) is 0. The van der Waals surface area contributed by atoms with Crippen LogP contribution in [0.25, 0.3) is 0 Å². The first-order chi connectivity index (χ1) is 9.74. The number of thioether (sulfide) groups is 1. The molecule has 4 nitrogen and oxygen atoms in total. The van der Waals surface area contributed by atoms with E-state index < -0.39 is 11.3 Å². The van der Waals surface area contributed by atoms with Gasteiger partial charge in [0.2, 0.25) is 5.91 Å². The molecule has 0 aromatic heterocycles. The number of nitrogens with zero attached hydrogens (tertiary/aromatic N) is 3. The summed E-state index contributed by atoms with van der Waals surface area (Å²) in [6.07, 6.45) is 5.70. The van der Waals surface area contributed by atoms with Crippen LogP contribution < -0.4 is 0 Å². The molecule has 1 atom stereocenters. The normalized spacial score (nSPS) is 28.8. The van der Waals surface area contributed by atoms with Gasteiger partial charge in [0.05, 0.1) is 22.7 Å². The molecule has 0 aromatic rings. The molecule has 0 radical (unpaired) electrons. The molecule has 1 amide bonds. The number of nitriles is 2. The van der Waals surface area contributed by atoms with Crippen molar-refractivity contribution in [2.24, 2.45) is 11.3 Å². The van der Waals surface area contributed by atoms with E-state index >= 15 is 0 Å². The maximum absolute atomic E-state index is 12.7. The zero-order valence-corrected chi connectivity index (χ0v) is 12.2. The second kappa shape index (κ2) is 5.14. The van der Waals surface area contributed by atoms with E-state index in [0.717, 1.165) is 49.3 Å². The van der Waals surface area contributed by atoms with Gasteiger partial charge in [-0.2, -0.15) is 10.5 Å². The van der Waals surface area contributed by atoms with Gasteiger partial charge in [0, 0.05) is 17.7 Å². The number of allylic oxidation sites excluding steroid dienone is 1. The van der Waals surface area contributed by atoms with Crippen molar-refractivity contribution in [3.63, 3.8) is 0 Å². The van der Waals surface area contributed by atoms with Crippen molar-refractivity contribution in [3.05, 3.63) is 10.6 Å². The van der Waals surface area contributed by atoms with Gasteiger partial charge in [-0.15, -0.1) is 11.8 Å². The molecule has 1 saturated heterocycles. The van der Waals surface area contributed by atoms with E-state index in [0.29, 0.717) is 12.1 Å². The standard InChI is InChI=1S/C15H17N3OS/c16-9-11-13(19)18-7-4-8-20-14(18)12(10-17)15(11)5-2-1-3-6-15/h11H,1-8H2. The molecular formula is C15H17N3OS. The fraction of sp³-hybridized carbons (Fsp3) is 0.667. The van der Waals surface area contributed by atoms with Crippen LogP contribution in [0.1, 0.15) is 38.5 Å². The van der Waals surface area contributed by atoms with Crippen LogP contribution in [0.5, 0.6) is 0 Å². The molecule has 1 saturated carbocycles. The summed E-state index contributed by atoms with van der Waals surface area (Å²) >= 11 is 1.62. The van der Waals surface area contributed by atoms with E-state index in [2.05, 4.69) is 12.1 Å². The maximum Gasteiger partial charge on any atom is 0.245 e. The number of hydrogen-bond donors (Lipinski definition) is 0. The number of carbonyl (C=O) groups is 1. The van der Waals surface area contributed by atoms with E-state index in [-0.39, 0.29) is 5.91 Å². The topological polar surface area (TPSA) is 67.9 Å². The van der Waals surface area contributed by atoms with Crippen LogP contribution in [0.4, 0.5) is 0 Å². The van der Waals surface area contributed by atoms with E-state index in [9.17, 15) is 15.3 Å². The van der Waals surface area contributed by atoms with Gasteiger partial charge in [-0.3, -0.25) is 4.79 Å². The van der Waals surface area contributed by atoms with E-state index in [1.165, 1.54) is 0 Å². The maximum atomic E-state index is 12.7. The molecule has 2 heterocycles. The predicted molar refractivity (Wildman–Crippen MR) is 76.0 cm³/mol. The minimum absolute atomic E-state index is 0.0735. The van der Waals surface area contributed by atoms with Crippen LogP contribution in [0, 0.1) is 34.0 Å². The van der Waals surface area contributed by atoms with Gasteiger partial charge in [-0.1, -0.05) is 19.3 Å². The van der Waals surface area contributed by atoms with E-state index in [1.807, 2.05) is 0 Å². The molecule has 5 heteroatoms. The molecule has 3 aliphatic rings. The number of carbonyl (C=O) groups excluding carboxylic acids is 1. The van der Waals surface area contributed by atoms with Crippen LogP contribution in [0.15, 0.2) is 10.6 Å². The summed E-state index contributed by atoms with van der Waals surface area (Å²) in [6, 6.07) is 4.59. The van der Waals surface area contributed by atoms with Gasteiger partial charge in [0.1, 0.15) is 5.92 Å². The minimum Gasteiger partial charge on any atom is -0.305 e. The lowest BCUT2D eigenvalue weighted by Crippen LogP contribution is -2.51. The first-order valence-corrected chi connectivity index (χ1v) is 8.22. The van der Waals surface area contributed by atoms with Gasteiger partial charge in [0.15, 0.2) is 0 Å². The van der Waals surface area contributed by atoms with Crippen LogP contribution >= 0.6 is 11.8 Å². The molecule has 1 spiro atoms. The molecular weight excluding hydrogens is 270 g/mol. The molecule has 0 aromatic carbocycles. The summed E-state index contributed by atoms with van der Waals surface area (Å²) in [5, 5.41) is 20.1. The van der Waals surface area contributed by atoms with Gasteiger partial charge < -0.3 is 4.90 Å². The average molecular weight is 287 g/mol. The Bertz CT molecular complexity index is 548. The zero-order chi connectivity index (χ0) is 14.2. The third-order valence-electron chi connectivity index (χ3n) is 4.77. The Morgan fingerprint density at radius 2 is 1.95 bits per heavy atom. The fourth-order valence-corrected chi connectivity index (χ4v) is 4.99. The third-order valence-corrected chi connectivity index (χ3v) is 5.96. The van der Waals surface area contributed by atoms with Gasteiger partial charge in [-0.05, 0) is 19.3 Å². The number of rotatable bonds is 0. The SMILES string of the molecule is N#CC1=C2SCCCN2C(=O)C(C#N)C12CCCCC2. The molecule has 1 aliphatic carbocycles. The minimum atomic E-state index is -0.667. The second-order valence-electron chi connectivity index (χ2n) is 5.76. The van der Waals surface area contributed by atoms with Crippen molar-refractivity contribution in [2.45, 2.75) is 38.5 Å². The Hall–Kier alpha value is -1.46. The second-order valence-corrected chi connectivity index (χ2v) is 6.85. The molecule has 20 heavy (non-hydrogen) atoms. The van der Waals surface area contributed by atoms with Crippen molar-refractivity contribution in [3.8, 4) is 12.1 Å². The van der Waals surface area contributed by atoms with E-state index in [4.69, 9.17) is 0 Å². The number of hydrogen-bond acceptors (Lipinski definition) is 4. The largest absolute Gasteiger partial charge is 0.305 e. The lowest BCUT2D eigenvalue weighted by atomic mass is 9.60. The van der Waals surface area contributed by atoms with Crippen LogP contribution in [0.2, 0.25) is 0 Å². The number of amides is 1. The monoisotopic (exact) mass is 287 g/mol. The molecule has 2 fully saturated rings. The van der Waals surface area contributed by atoms with Crippen molar-refractivity contribution in [2.75, 3.05) is 12.3 Å². The van der Waals surface area contributed by atoms with Crippen LogP contribution in [-0.2, 0) is 4.79 Å². The Kier molecular flexibility index (Phi) is 3.48. The molecule has 104 valence electrons. The summed E-state index contributed by atoms with van der Waals surface area (Å²) in [5.74, 6) is 0.216. The highest BCUT2D eigenvalue weighted by atomic mass is 32.2. The summed E-state index contributed by atoms with van der Waals surface area (Å²) < 4.78 is 0. The molecule has 1 unspecified atom stereocenters. The Morgan fingerprint density at radius 1 is 1.20 bits per heavy atom. The number of fused-ring (bicyclic) bond motifs is 1. The molecule has 3 rings (SSSR count). The highest BCUT2D eigenvalue weighted by Crippen LogP contribution is 2.54. The van der Waals surface area contributed by atoms with Crippen molar-refractivity contribution < 1.29 is 4.79 Å². The smallest absolute Gasteiger partial charge is 0.245 e. The summed E-state index contributed by atoms with van der Waals surface area (Å²) in [4.78, 5) is 14.4. The average Bonchev–Trinajstić information content (AvgIpc) is 2.49. The molecule has 0 N–H and O–H groups in total. The Labute approximate surface area is 123 Å². The van der Waals surface area contributed by atoms with Gasteiger partial charge in [0.25, 0.3) is 0 Å². The lowest BCUT2D eigenvalue weighted by molar-refractivity contribution is -0.136. The first kappa shape index (κ1) is 13.5. The highest BCUT2D eigenvalue weighted by molar-refractivity contribution is 8.03. The zero-order valence-electron chi connectivity index (χ0n) is 11.4. The van der Waals surface area contributed by atoms with Crippen molar-refractivity contribution >= 4 is 17.7 Å². The third kappa shape index (κ3) is 1.77. The first-order valence-electron chi connectivity index (χ1n) is 7.23. The van der Waals surface area contributed by atoms with Gasteiger partial charge in [-0.25, -0.2) is 0 Å². The lowest BCUT2D eigenvalue weighted by Gasteiger charge is -2.47. The molecule has 0 bridgehead atoms. The van der Waals surface area contributed by atoms with Crippen molar-refractivity contribution in [1.29, 1.82) is 10.5 Å². The molecule has 2 aliphatic heterocycles. The predicted octanol–water partition coefficient (Wildman–Crippen LogP) is 2.79.